The molecule has 2 aromatic rings. The smallest absolute Gasteiger partial charge is 0.265 e. The third-order valence-corrected chi connectivity index (χ3v) is 4.10. The Morgan fingerprint density at radius 1 is 1.15 bits per heavy atom. The van der Waals surface area contributed by atoms with Crippen LogP contribution in [-0.4, -0.2) is 13.5 Å². The minimum Gasteiger partial charge on any atom is -0.504 e. The number of anilines is 1. The Hall–Kier alpha value is -1.86. The van der Waals surface area contributed by atoms with Gasteiger partial charge in [-0.25, -0.2) is 17.2 Å². The number of nitrogens with one attached hydrogen (secondary N) is 1. The van der Waals surface area contributed by atoms with Crippen LogP contribution in [0.15, 0.2) is 41.3 Å². The van der Waals surface area contributed by atoms with Gasteiger partial charge < -0.3 is 5.11 Å². The molecule has 0 aliphatic carbocycles. The van der Waals surface area contributed by atoms with Gasteiger partial charge in [-0.05, 0) is 30.3 Å². The first kappa shape index (κ1) is 14.5. The summed E-state index contributed by atoms with van der Waals surface area (Å²) in [6.45, 7) is 0. The van der Waals surface area contributed by atoms with E-state index in [1.807, 2.05) is 4.72 Å². The minimum atomic E-state index is -4.39. The van der Waals surface area contributed by atoms with Gasteiger partial charge in [0.2, 0.25) is 0 Å². The van der Waals surface area contributed by atoms with Crippen molar-refractivity contribution in [3.05, 3.63) is 53.1 Å². The summed E-state index contributed by atoms with van der Waals surface area (Å²) in [4.78, 5) is -0.864. The van der Waals surface area contributed by atoms with E-state index in [0.717, 1.165) is 6.07 Å². The van der Waals surface area contributed by atoms with Gasteiger partial charge >= 0.3 is 0 Å². The molecule has 0 amide bonds. The van der Waals surface area contributed by atoms with Crippen LogP contribution < -0.4 is 4.72 Å². The highest BCUT2D eigenvalue weighted by Gasteiger charge is 2.21. The van der Waals surface area contributed by atoms with Crippen LogP contribution in [-0.2, 0) is 10.0 Å². The molecule has 0 bridgehead atoms. The molecule has 2 N–H and O–H groups in total. The van der Waals surface area contributed by atoms with Crippen molar-refractivity contribution in [2.75, 3.05) is 4.72 Å². The van der Waals surface area contributed by atoms with Crippen molar-refractivity contribution in [1.29, 1.82) is 0 Å². The maximum absolute atomic E-state index is 13.5. The van der Waals surface area contributed by atoms with E-state index in [0.29, 0.717) is 12.1 Å². The van der Waals surface area contributed by atoms with Crippen LogP contribution in [0, 0.1) is 11.6 Å². The lowest BCUT2D eigenvalue weighted by Crippen LogP contribution is -2.15. The number of halogens is 3. The van der Waals surface area contributed by atoms with Gasteiger partial charge in [0.05, 0.1) is 10.7 Å². The summed E-state index contributed by atoms with van der Waals surface area (Å²) in [7, 11) is -4.39. The molecular weight excluding hydrogens is 312 g/mol. The lowest BCUT2D eigenvalue weighted by molar-refractivity contribution is 0.478. The molecule has 0 saturated heterocycles. The molecule has 0 heterocycles. The highest BCUT2D eigenvalue weighted by Crippen LogP contribution is 2.33. The molecule has 0 atom stereocenters. The fourth-order valence-corrected chi connectivity index (χ4v) is 2.81. The average Bonchev–Trinajstić information content (AvgIpc) is 2.37. The topological polar surface area (TPSA) is 66.4 Å². The second kappa shape index (κ2) is 5.26. The summed E-state index contributed by atoms with van der Waals surface area (Å²) in [5.74, 6) is -2.52. The van der Waals surface area contributed by atoms with Crippen molar-refractivity contribution in [3.63, 3.8) is 0 Å². The normalized spacial score (nSPS) is 11.3. The highest BCUT2D eigenvalue weighted by molar-refractivity contribution is 7.92. The summed E-state index contributed by atoms with van der Waals surface area (Å²) in [5, 5.41) is 9.53. The summed E-state index contributed by atoms with van der Waals surface area (Å²) in [5.41, 5.74) is -0.235. The van der Waals surface area contributed by atoms with Crippen LogP contribution in [0.5, 0.6) is 5.75 Å². The van der Waals surface area contributed by atoms with Gasteiger partial charge in [0.25, 0.3) is 10.0 Å². The molecule has 2 rings (SSSR count). The Morgan fingerprint density at radius 2 is 1.85 bits per heavy atom. The predicted molar refractivity (Wildman–Crippen MR) is 70.3 cm³/mol. The predicted octanol–water partition coefficient (Wildman–Crippen LogP) is 3.12. The number of sulfonamides is 1. The van der Waals surface area contributed by atoms with E-state index >= 15 is 0 Å². The molecule has 106 valence electrons. The fraction of sp³-hybridized carbons (Fsp3) is 0. The molecular formula is C12H8ClF2NO3S. The average molecular weight is 320 g/mol. The number of hydrogen-bond acceptors (Lipinski definition) is 3. The molecule has 0 radical (unpaired) electrons. The van der Waals surface area contributed by atoms with Gasteiger partial charge in [0.15, 0.2) is 5.75 Å². The zero-order chi connectivity index (χ0) is 14.9. The number of rotatable bonds is 3. The summed E-state index contributed by atoms with van der Waals surface area (Å²) >= 11 is 5.63. The number of hydrogen-bond donors (Lipinski definition) is 2. The molecule has 0 aliphatic heterocycles. The SMILES string of the molecule is O=S(=O)(Nc1cccc(Cl)c1O)c1cc(F)ccc1F. The Morgan fingerprint density at radius 3 is 2.55 bits per heavy atom. The Kier molecular flexibility index (Phi) is 3.82. The monoisotopic (exact) mass is 319 g/mol. The van der Waals surface area contributed by atoms with Crippen LogP contribution in [0.3, 0.4) is 0 Å². The van der Waals surface area contributed by atoms with Gasteiger partial charge in [0, 0.05) is 0 Å². The second-order valence-electron chi connectivity index (χ2n) is 3.82. The Bertz CT molecular complexity index is 765. The Balaban J connectivity index is 2.46. The standard InChI is InChI=1S/C12H8ClF2NO3S/c13-8-2-1-3-10(12(8)17)16-20(18,19)11-6-7(14)4-5-9(11)15/h1-6,16-17H. The van der Waals surface area contributed by atoms with Gasteiger partial charge in [0.1, 0.15) is 16.5 Å². The molecule has 20 heavy (non-hydrogen) atoms. The second-order valence-corrected chi connectivity index (χ2v) is 5.87. The van der Waals surface area contributed by atoms with Gasteiger partial charge in [-0.3, -0.25) is 4.72 Å². The summed E-state index contributed by atoms with van der Waals surface area (Å²) in [6, 6.07) is 6.00. The van der Waals surface area contributed by atoms with E-state index in [-0.39, 0.29) is 10.7 Å². The zero-order valence-electron chi connectivity index (χ0n) is 9.77. The summed E-state index contributed by atoms with van der Waals surface area (Å²) < 4.78 is 52.4. The molecule has 0 unspecified atom stereocenters. The number of phenols is 1. The first-order valence-electron chi connectivity index (χ1n) is 5.26. The molecule has 0 saturated carbocycles. The third-order valence-electron chi connectivity index (χ3n) is 2.41. The summed E-state index contributed by atoms with van der Waals surface area (Å²) in [6.07, 6.45) is 0. The van der Waals surface area contributed by atoms with Gasteiger partial charge in [-0.2, -0.15) is 0 Å². The molecule has 0 spiro atoms. The number of aromatic hydroxyl groups is 1. The van der Waals surface area contributed by atoms with Crippen LogP contribution in [0.4, 0.5) is 14.5 Å². The molecule has 0 aliphatic rings. The number of benzene rings is 2. The molecule has 2 aromatic carbocycles. The van der Waals surface area contributed by atoms with Crippen molar-refractivity contribution >= 4 is 27.3 Å². The lowest BCUT2D eigenvalue weighted by atomic mass is 10.3. The first-order valence-corrected chi connectivity index (χ1v) is 7.13. The quantitative estimate of drug-likeness (QED) is 0.854. The van der Waals surface area contributed by atoms with Gasteiger partial charge in [-0.1, -0.05) is 17.7 Å². The highest BCUT2D eigenvalue weighted by atomic mass is 35.5. The molecule has 0 aromatic heterocycles. The molecule has 8 heteroatoms. The minimum absolute atomic E-state index is 0.0788. The van der Waals surface area contributed by atoms with E-state index in [1.54, 1.807) is 0 Å². The van der Waals surface area contributed by atoms with E-state index in [9.17, 15) is 22.3 Å². The lowest BCUT2D eigenvalue weighted by Gasteiger charge is -2.11. The van der Waals surface area contributed by atoms with Crippen molar-refractivity contribution in [2.45, 2.75) is 4.90 Å². The largest absolute Gasteiger partial charge is 0.504 e. The number of para-hydroxylation sites is 1. The van der Waals surface area contributed by atoms with Crippen molar-refractivity contribution in [3.8, 4) is 5.75 Å². The van der Waals surface area contributed by atoms with Crippen LogP contribution in [0.25, 0.3) is 0 Å². The molecule has 0 fully saturated rings. The zero-order valence-corrected chi connectivity index (χ0v) is 11.3. The fourth-order valence-electron chi connectivity index (χ4n) is 1.48. The third kappa shape index (κ3) is 2.83. The van der Waals surface area contributed by atoms with Gasteiger partial charge in [-0.15, -0.1) is 0 Å². The molecule has 4 nitrogen and oxygen atoms in total. The van der Waals surface area contributed by atoms with Crippen molar-refractivity contribution < 1.29 is 22.3 Å². The van der Waals surface area contributed by atoms with E-state index in [4.69, 9.17) is 11.6 Å². The Labute approximate surface area is 118 Å². The first-order chi connectivity index (χ1) is 9.31. The van der Waals surface area contributed by atoms with E-state index in [1.165, 1.54) is 18.2 Å². The number of phenolic OH excluding ortho intramolecular Hbond substituents is 1. The van der Waals surface area contributed by atoms with Crippen LogP contribution in [0.2, 0.25) is 5.02 Å². The van der Waals surface area contributed by atoms with E-state index < -0.39 is 32.3 Å². The van der Waals surface area contributed by atoms with Crippen molar-refractivity contribution in [1.82, 2.24) is 0 Å². The maximum Gasteiger partial charge on any atom is 0.265 e. The maximum atomic E-state index is 13.5. The van der Waals surface area contributed by atoms with Crippen LogP contribution in [0.1, 0.15) is 0 Å². The van der Waals surface area contributed by atoms with Crippen molar-refractivity contribution in [2.24, 2.45) is 0 Å². The van der Waals surface area contributed by atoms with Crippen LogP contribution >= 0.6 is 11.6 Å². The van der Waals surface area contributed by atoms with E-state index in [2.05, 4.69) is 0 Å².